The van der Waals surface area contributed by atoms with E-state index in [4.69, 9.17) is 5.73 Å². The molecule has 0 saturated heterocycles. The summed E-state index contributed by atoms with van der Waals surface area (Å²) in [6.07, 6.45) is 3.74. The highest BCUT2D eigenvalue weighted by Crippen LogP contribution is 2.28. The average molecular weight is 296 g/mol. The summed E-state index contributed by atoms with van der Waals surface area (Å²) in [6, 6.07) is 3.32. The molecule has 1 aromatic rings. The Bertz CT molecular complexity index is 521. The Kier molecular flexibility index (Phi) is 4.93. The topological polar surface area (TPSA) is 46.3 Å². The minimum Gasteiger partial charge on any atom is -0.339 e. The van der Waals surface area contributed by atoms with Crippen LogP contribution in [0.3, 0.4) is 0 Å². The first-order valence-electron chi connectivity index (χ1n) is 7.39. The Balaban J connectivity index is 2.12. The number of hydrogen-bond donors (Lipinski definition) is 1. The van der Waals surface area contributed by atoms with Gasteiger partial charge in [0.1, 0.15) is 0 Å². The largest absolute Gasteiger partial charge is 0.339 e. The van der Waals surface area contributed by atoms with Gasteiger partial charge in [-0.25, -0.2) is 8.78 Å². The third kappa shape index (κ3) is 3.40. The normalized spacial score (nSPS) is 23.7. The van der Waals surface area contributed by atoms with Crippen LogP contribution in [0.25, 0.3) is 0 Å². The van der Waals surface area contributed by atoms with E-state index in [1.807, 2.05) is 0 Å². The number of halogens is 2. The smallest absolute Gasteiger partial charge is 0.227 e. The lowest BCUT2D eigenvalue weighted by molar-refractivity contribution is -0.137. The Morgan fingerprint density at radius 2 is 1.95 bits per heavy atom. The highest BCUT2D eigenvalue weighted by atomic mass is 19.2. The van der Waals surface area contributed by atoms with E-state index in [-0.39, 0.29) is 23.9 Å². The molecule has 0 spiro atoms. The lowest BCUT2D eigenvalue weighted by Crippen LogP contribution is -2.45. The molecule has 21 heavy (non-hydrogen) atoms. The van der Waals surface area contributed by atoms with Crippen molar-refractivity contribution < 1.29 is 13.6 Å². The van der Waals surface area contributed by atoms with E-state index in [1.54, 1.807) is 18.9 Å². The molecule has 1 saturated carbocycles. The number of nitrogens with zero attached hydrogens (tertiary/aromatic N) is 1. The summed E-state index contributed by atoms with van der Waals surface area (Å²) in [5.74, 6) is -1.96. The maximum absolute atomic E-state index is 13.3. The van der Waals surface area contributed by atoms with Crippen molar-refractivity contribution in [1.29, 1.82) is 0 Å². The van der Waals surface area contributed by atoms with Gasteiger partial charge < -0.3 is 10.6 Å². The summed E-state index contributed by atoms with van der Waals surface area (Å²) in [5.41, 5.74) is 6.62. The monoisotopic (exact) mass is 296 g/mol. The molecule has 116 valence electrons. The summed E-state index contributed by atoms with van der Waals surface area (Å²) in [5, 5.41) is 0. The van der Waals surface area contributed by atoms with E-state index in [1.165, 1.54) is 6.07 Å². The molecule has 0 aromatic heterocycles. The van der Waals surface area contributed by atoms with E-state index >= 15 is 0 Å². The molecule has 2 N–H and O–H groups in total. The Morgan fingerprint density at radius 3 is 2.57 bits per heavy atom. The Morgan fingerprint density at radius 1 is 1.29 bits per heavy atom. The molecule has 0 heterocycles. The third-order valence-electron chi connectivity index (χ3n) is 4.49. The average Bonchev–Trinajstić information content (AvgIpc) is 2.48. The fraction of sp³-hybridized carbons (Fsp3) is 0.562. The van der Waals surface area contributed by atoms with Crippen LogP contribution in [0.4, 0.5) is 8.78 Å². The van der Waals surface area contributed by atoms with Crippen LogP contribution in [0, 0.1) is 17.6 Å². The molecule has 3 unspecified atom stereocenters. The molecule has 2 rings (SSSR count). The molecule has 3 nitrogen and oxygen atoms in total. The number of benzene rings is 1. The minimum atomic E-state index is -0.894. The van der Waals surface area contributed by atoms with Gasteiger partial charge in [0.2, 0.25) is 5.91 Å². The molecule has 0 aliphatic heterocycles. The fourth-order valence-corrected chi connectivity index (χ4v) is 2.91. The third-order valence-corrected chi connectivity index (χ3v) is 4.49. The number of hydrogen-bond acceptors (Lipinski definition) is 2. The van der Waals surface area contributed by atoms with Gasteiger partial charge in [0, 0.05) is 13.1 Å². The van der Waals surface area contributed by atoms with Crippen molar-refractivity contribution in [2.75, 3.05) is 7.05 Å². The van der Waals surface area contributed by atoms with Gasteiger partial charge in [-0.1, -0.05) is 18.9 Å². The molecule has 0 bridgehead atoms. The number of carbonyl (C=O) groups excluding carboxylic acids is 1. The minimum absolute atomic E-state index is 0.0144. The highest BCUT2D eigenvalue weighted by molar-refractivity contribution is 5.79. The maximum atomic E-state index is 13.3. The first-order chi connectivity index (χ1) is 9.91. The van der Waals surface area contributed by atoms with Crippen molar-refractivity contribution in [3.8, 4) is 0 Å². The van der Waals surface area contributed by atoms with Crippen LogP contribution in [0.15, 0.2) is 18.2 Å². The van der Waals surface area contributed by atoms with Gasteiger partial charge in [-0.15, -0.1) is 0 Å². The molecule has 0 radical (unpaired) electrons. The molecule has 1 aliphatic carbocycles. The SMILES string of the molecule is CC(c1ccc(F)c(F)c1)N(C)C(=O)C1CCCCC1N. The van der Waals surface area contributed by atoms with E-state index in [2.05, 4.69) is 0 Å². The van der Waals surface area contributed by atoms with Crippen molar-refractivity contribution in [3.63, 3.8) is 0 Å². The van der Waals surface area contributed by atoms with E-state index < -0.39 is 11.6 Å². The van der Waals surface area contributed by atoms with E-state index in [0.717, 1.165) is 37.8 Å². The second-order valence-electron chi connectivity index (χ2n) is 5.85. The number of nitrogens with two attached hydrogens (primary N) is 1. The van der Waals surface area contributed by atoms with Crippen LogP contribution in [-0.4, -0.2) is 23.9 Å². The molecule has 1 amide bonds. The van der Waals surface area contributed by atoms with Gasteiger partial charge in [-0.3, -0.25) is 4.79 Å². The highest BCUT2D eigenvalue weighted by Gasteiger charge is 2.32. The second kappa shape index (κ2) is 6.52. The molecular formula is C16H22F2N2O. The quantitative estimate of drug-likeness (QED) is 0.932. The summed E-state index contributed by atoms with van der Waals surface area (Å²) in [7, 11) is 1.69. The predicted octanol–water partition coefficient (Wildman–Crippen LogP) is 3.00. The van der Waals surface area contributed by atoms with Crippen LogP contribution < -0.4 is 5.73 Å². The first kappa shape index (κ1) is 15.9. The van der Waals surface area contributed by atoms with E-state index in [9.17, 15) is 13.6 Å². The molecule has 5 heteroatoms. The number of carbonyl (C=O) groups is 1. The molecule has 3 atom stereocenters. The van der Waals surface area contributed by atoms with Crippen molar-refractivity contribution in [2.24, 2.45) is 11.7 Å². The standard InChI is InChI=1S/C16H22F2N2O/c1-10(11-7-8-13(17)14(18)9-11)20(2)16(21)12-5-3-4-6-15(12)19/h7-10,12,15H,3-6,19H2,1-2H3. The first-order valence-corrected chi connectivity index (χ1v) is 7.39. The lowest BCUT2D eigenvalue weighted by atomic mass is 9.84. The number of amides is 1. The lowest BCUT2D eigenvalue weighted by Gasteiger charge is -2.34. The fourth-order valence-electron chi connectivity index (χ4n) is 2.91. The van der Waals surface area contributed by atoms with Crippen molar-refractivity contribution >= 4 is 5.91 Å². The Hall–Kier alpha value is -1.49. The van der Waals surface area contributed by atoms with Crippen LogP contribution in [-0.2, 0) is 4.79 Å². The molecule has 1 fully saturated rings. The van der Waals surface area contributed by atoms with Crippen LogP contribution in [0.1, 0.15) is 44.2 Å². The zero-order valence-corrected chi connectivity index (χ0v) is 12.5. The molecule has 1 aromatic carbocycles. The van der Waals surface area contributed by atoms with Gasteiger partial charge in [0.15, 0.2) is 11.6 Å². The molecule has 1 aliphatic rings. The van der Waals surface area contributed by atoms with Crippen LogP contribution >= 0.6 is 0 Å². The van der Waals surface area contributed by atoms with Crippen LogP contribution in [0.2, 0.25) is 0 Å². The Labute approximate surface area is 124 Å². The summed E-state index contributed by atoms with van der Waals surface area (Å²) in [4.78, 5) is 14.1. The summed E-state index contributed by atoms with van der Waals surface area (Å²) in [6.45, 7) is 1.80. The summed E-state index contributed by atoms with van der Waals surface area (Å²) < 4.78 is 26.3. The van der Waals surface area contributed by atoms with Crippen molar-refractivity contribution in [2.45, 2.75) is 44.7 Å². The molecular weight excluding hydrogens is 274 g/mol. The maximum Gasteiger partial charge on any atom is 0.227 e. The van der Waals surface area contributed by atoms with Gasteiger partial charge in [-0.2, -0.15) is 0 Å². The van der Waals surface area contributed by atoms with Gasteiger partial charge in [0.25, 0.3) is 0 Å². The van der Waals surface area contributed by atoms with Crippen molar-refractivity contribution in [3.05, 3.63) is 35.4 Å². The van der Waals surface area contributed by atoms with Gasteiger partial charge in [-0.05, 0) is 37.5 Å². The summed E-state index contributed by atoms with van der Waals surface area (Å²) >= 11 is 0. The van der Waals surface area contributed by atoms with Crippen LogP contribution in [0.5, 0.6) is 0 Å². The number of rotatable bonds is 3. The zero-order valence-electron chi connectivity index (χ0n) is 12.5. The van der Waals surface area contributed by atoms with Crippen molar-refractivity contribution in [1.82, 2.24) is 4.90 Å². The second-order valence-corrected chi connectivity index (χ2v) is 5.85. The van der Waals surface area contributed by atoms with E-state index in [0.29, 0.717) is 5.56 Å². The predicted molar refractivity (Wildman–Crippen MR) is 77.5 cm³/mol. The van der Waals surface area contributed by atoms with Gasteiger partial charge >= 0.3 is 0 Å². The van der Waals surface area contributed by atoms with Gasteiger partial charge in [0.05, 0.1) is 12.0 Å². The zero-order chi connectivity index (χ0) is 15.6.